The highest BCUT2D eigenvalue weighted by Crippen LogP contribution is 2.37. The number of hydrogen-bond donors (Lipinski definition) is 0. The second-order valence-corrected chi connectivity index (χ2v) is 12.2. The van der Waals surface area contributed by atoms with Crippen molar-refractivity contribution in [2.75, 3.05) is 23.9 Å². The van der Waals surface area contributed by atoms with Crippen molar-refractivity contribution in [3.05, 3.63) is 45.3 Å². The van der Waals surface area contributed by atoms with Gasteiger partial charge in [-0.05, 0) is 68.3 Å². The van der Waals surface area contributed by atoms with Crippen LogP contribution in [0.2, 0.25) is 0 Å². The molecule has 2 rings (SSSR count). The van der Waals surface area contributed by atoms with Gasteiger partial charge in [0.15, 0.2) is 0 Å². The van der Waals surface area contributed by atoms with Crippen LogP contribution in [0, 0.1) is 0 Å². The van der Waals surface area contributed by atoms with E-state index in [2.05, 4.69) is 120 Å². The van der Waals surface area contributed by atoms with Crippen LogP contribution in [-0.2, 0) is 0 Å². The molecule has 0 bridgehead atoms. The van der Waals surface area contributed by atoms with Gasteiger partial charge in [0.25, 0.3) is 0 Å². The van der Waals surface area contributed by atoms with Gasteiger partial charge < -0.3 is 9.47 Å². The van der Waals surface area contributed by atoms with E-state index in [1.54, 1.807) is 11.8 Å². The average molecular weight is 776 g/mol. The average Bonchev–Trinajstić information content (AvgIpc) is 2.66. The Hall–Kier alpha value is 1.27. The third-order valence-corrected chi connectivity index (χ3v) is 9.91. The monoisotopic (exact) mass is 770 g/mol. The number of rotatable bonds is 10. The highest BCUT2D eigenvalue weighted by molar-refractivity contribution is 9.12. The van der Waals surface area contributed by atoms with Crippen LogP contribution < -0.4 is 9.47 Å². The first-order valence-electron chi connectivity index (χ1n) is 7.85. The van der Waals surface area contributed by atoms with Crippen LogP contribution in [0.25, 0.3) is 0 Å². The Bertz CT molecular complexity index is 684. The second-order valence-electron chi connectivity index (χ2n) is 5.41. The summed E-state index contributed by atoms with van der Waals surface area (Å²) in [7, 11) is 0. The van der Waals surface area contributed by atoms with Crippen LogP contribution in [-0.4, -0.2) is 33.5 Å². The van der Waals surface area contributed by atoms with Crippen LogP contribution in [0.5, 0.6) is 11.5 Å². The van der Waals surface area contributed by atoms with Crippen LogP contribution in [0.3, 0.4) is 0 Å². The van der Waals surface area contributed by atoms with E-state index < -0.39 is 0 Å². The summed E-state index contributed by atoms with van der Waals surface area (Å²) < 4.78 is 13.5. The molecule has 2 atom stereocenters. The highest BCUT2D eigenvalue weighted by Gasteiger charge is 2.10. The summed E-state index contributed by atoms with van der Waals surface area (Å²) in [5.74, 6) is 1.68. The minimum atomic E-state index is 0.283. The lowest BCUT2D eigenvalue weighted by molar-refractivity contribution is 0.323. The van der Waals surface area contributed by atoms with E-state index in [9.17, 15) is 0 Å². The molecular weight excluding hydrogens is 760 g/mol. The first-order valence-corrected chi connectivity index (χ1v) is 14.3. The summed E-state index contributed by atoms with van der Waals surface area (Å²) in [6.45, 7) is 1.21. The number of benzene rings is 2. The fourth-order valence-electron chi connectivity index (χ4n) is 1.91. The Balaban J connectivity index is 2.00. The Kier molecular flexibility index (Phi) is 11.7. The molecule has 0 aromatic heterocycles. The van der Waals surface area contributed by atoms with Crippen LogP contribution in [0.15, 0.2) is 55.1 Å². The lowest BCUT2D eigenvalue weighted by Crippen LogP contribution is -2.12. The molecule has 0 aliphatic heterocycles. The van der Waals surface area contributed by atoms with Crippen LogP contribution in [0.1, 0.15) is 0 Å². The van der Waals surface area contributed by atoms with Crippen molar-refractivity contribution in [1.29, 1.82) is 0 Å². The third-order valence-electron chi connectivity index (χ3n) is 3.22. The molecule has 0 spiro atoms. The van der Waals surface area contributed by atoms with Gasteiger partial charge in [0.05, 0.1) is 18.6 Å². The molecular formula is C18H16Br6O2S. The molecule has 0 saturated heterocycles. The molecule has 2 aromatic rings. The molecule has 0 aliphatic rings. The summed E-state index contributed by atoms with van der Waals surface area (Å²) in [6.07, 6.45) is 0. The number of hydrogen-bond acceptors (Lipinski definition) is 3. The predicted molar refractivity (Wildman–Crippen MR) is 136 cm³/mol. The minimum Gasteiger partial charge on any atom is -0.491 e. The molecule has 0 amide bonds. The molecule has 0 heterocycles. The largest absolute Gasteiger partial charge is 0.491 e. The Labute approximate surface area is 214 Å². The maximum atomic E-state index is 5.82. The quantitative estimate of drug-likeness (QED) is 0.226. The standard InChI is InChI=1S/C18H16Br6O2S/c19-7-11(21)9-25-17-3-1-13(5-15(17)23)27-14-2-4-18(16(24)6-14)26-10-12(22)8-20/h1-6,11-12H,7-10H2. The Morgan fingerprint density at radius 1 is 0.741 bits per heavy atom. The summed E-state index contributed by atoms with van der Waals surface area (Å²) >= 11 is 22.8. The molecule has 0 radical (unpaired) electrons. The van der Waals surface area contributed by atoms with Crippen molar-refractivity contribution in [2.24, 2.45) is 0 Å². The summed E-state index contributed by atoms with van der Waals surface area (Å²) in [4.78, 5) is 2.83. The predicted octanol–water partition coefficient (Wildman–Crippen LogP) is 8.44. The minimum absolute atomic E-state index is 0.283. The SMILES string of the molecule is BrCC(Br)COc1ccc(Sc2ccc(OCC(Br)CBr)c(Br)c2)cc1Br. The molecule has 27 heavy (non-hydrogen) atoms. The summed E-state index contributed by atoms with van der Waals surface area (Å²) in [5.41, 5.74) is 0. The van der Waals surface area contributed by atoms with Crippen molar-refractivity contribution in [1.82, 2.24) is 0 Å². The fraction of sp³-hybridized carbons (Fsp3) is 0.333. The zero-order chi connectivity index (χ0) is 19.8. The fourth-order valence-corrected chi connectivity index (χ4v) is 4.74. The number of alkyl halides is 4. The Morgan fingerprint density at radius 3 is 1.48 bits per heavy atom. The van der Waals surface area contributed by atoms with E-state index in [1.165, 1.54) is 0 Å². The molecule has 2 aromatic carbocycles. The van der Waals surface area contributed by atoms with Gasteiger partial charge in [-0.1, -0.05) is 75.5 Å². The summed E-state index contributed by atoms with van der Waals surface area (Å²) in [5, 5.41) is 1.69. The molecule has 148 valence electrons. The molecule has 0 saturated carbocycles. The molecule has 2 nitrogen and oxygen atoms in total. The molecule has 0 fully saturated rings. The second kappa shape index (κ2) is 12.8. The molecule has 0 N–H and O–H groups in total. The van der Waals surface area contributed by atoms with Gasteiger partial charge >= 0.3 is 0 Å². The van der Waals surface area contributed by atoms with Crippen molar-refractivity contribution < 1.29 is 9.47 Å². The van der Waals surface area contributed by atoms with E-state index >= 15 is 0 Å². The van der Waals surface area contributed by atoms with E-state index in [0.717, 1.165) is 40.9 Å². The third kappa shape index (κ3) is 8.50. The van der Waals surface area contributed by atoms with Crippen molar-refractivity contribution in [2.45, 2.75) is 19.4 Å². The van der Waals surface area contributed by atoms with Crippen molar-refractivity contribution >= 4 is 107 Å². The van der Waals surface area contributed by atoms with Crippen LogP contribution >= 0.6 is 107 Å². The smallest absolute Gasteiger partial charge is 0.133 e. The van der Waals surface area contributed by atoms with Gasteiger partial charge in [0.2, 0.25) is 0 Å². The highest BCUT2D eigenvalue weighted by atomic mass is 79.9. The summed E-state index contributed by atoms with van der Waals surface area (Å²) in [6, 6.07) is 12.2. The van der Waals surface area contributed by atoms with Gasteiger partial charge in [-0.3, -0.25) is 0 Å². The number of halogens is 6. The lowest BCUT2D eigenvalue weighted by atomic mass is 10.3. The van der Waals surface area contributed by atoms with Gasteiger partial charge in [-0.25, -0.2) is 0 Å². The van der Waals surface area contributed by atoms with Gasteiger partial charge in [-0.2, -0.15) is 0 Å². The Morgan fingerprint density at radius 2 is 1.15 bits per heavy atom. The number of ether oxygens (including phenoxy) is 2. The lowest BCUT2D eigenvalue weighted by Gasteiger charge is -2.13. The van der Waals surface area contributed by atoms with Crippen molar-refractivity contribution in [3.63, 3.8) is 0 Å². The van der Waals surface area contributed by atoms with Gasteiger partial charge in [0, 0.05) is 20.5 Å². The topological polar surface area (TPSA) is 18.5 Å². The van der Waals surface area contributed by atoms with Crippen LogP contribution in [0.4, 0.5) is 0 Å². The molecule has 9 heteroatoms. The van der Waals surface area contributed by atoms with Gasteiger partial charge in [-0.15, -0.1) is 0 Å². The maximum Gasteiger partial charge on any atom is 0.133 e. The van der Waals surface area contributed by atoms with Gasteiger partial charge in [0.1, 0.15) is 24.7 Å². The maximum absolute atomic E-state index is 5.82. The van der Waals surface area contributed by atoms with E-state index in [-0.39, 0.29) is 9.65 Å². The van der Waals surface area contributed by atoms with E-state index in [4.69, 9.17) is 9.47 Å². The normalized spacial score (nSPS) is 13.3. The van der Waals surface area contributed by atoms with E-state index in [1.807, 2.05) is 12.1 Å². The zero-order valence-corrected chi connectivity index (χ0v) is 24.3. The first-order chi connectivity index (χ1) is 12.9. The molecule has 0 aliphatic carbocycles. The molecule has 2 unspecified atom stereocenters. The zero-order valence-electron chi connectivity index (χ0n) is 13.9. The first kappa shape index (κ1) is 24.5. The van der Waals surface area contributed by atoms with E-state index in [0.29, 0.717) is 13.2 Å². The van der Waals surface area contributed by atoms with Crippen molar-refractivity contribution in [3.8, 4) is 11.5 Å².